The molecule has 0 spiro atoms. The van der Waals surface area contributed by atoms with Gasteiger partial charge in [0, 0.05) is 5.56 Å². The van der Waals surface area contributed by atoms with Crippen LogP contribution in [0.4, 0.5) is 0 Å². The van der Waals surface area contributed by atoms with Crippen LogP contribution in [0.2, 0.25) is 0 Å². The van der Waals surface area contributed by atoms with Crippen molar-refractivity contribution in [2.24, 2.45) is 0 Å². The molecule has 0 amide bonds. The molecule has 2 rings (SSSR count). The Bertz CT molecular complexity index is 559. The van der Waals surface area contributed by atoms with Gasteiger partial charge in [-0.25, -0.2) is 0 Å². The second-order valence-corrected chi connectivity index (χ2v) is 4.29. The topological polar surface area (TPSA) is 26.3 Å². The Labute approximate surface area is 107 Å². The Hall–Kier alpha value is -2.09. The number of ether oxygens (including phenoxy) is 1. The average molecular weight is 240 g/mol. The molecular formula is C16H16O2. The van der Waals surface area contributed by atoms with Crippen LogP contribution in [0.1, 0.15) is 21.5 Å². The van der Waals surface area contributed by atoms with E-state index >= 15 is 0 Å². The summed E-state index contributed by atoms with van der Waals surface area (Å²) < 4.78 is 5.56. The molecule has 0 bridgehead atoms. The Balaban J connectivity index is 2.06. The van der Waals surface area contributed by atoms with E-state index < -0.39 is 0 Å². The first kappa shape index (κ1) is 12.4. The van der Waals surface area contributed by atoms with Gasteiger partial charge in [-0.3, -0.25) is 4.79 Å². The second-order valence-electron chi connectivity index (χ2n) is 4.29. The number of ketones is 1. The van der Waals surface area contributed by atoms with Crippen molar-refractivity contribution in [3.05, 3.63) is 65.2 Å². The number of rotatable bonds is 4. The minimum absolute atomic E-state index is 0.0105. The van der Waals surface area contributed by atoms with E-state index in [0.29, 0.717) is 0 Å². The normalized spacial score (nSPS) is 10.1. The lowest BCUT2D eigenvalue weighted by Crippen LogP contribution is -2.13. The van der Waals surface area contributed by atoms with Crippen LogP contribution in [0, 0.1) is 13.8 Å². The fourth-order valence-electron chi connectivity index (χ4n) is 1.83. The minimum atomic E-state index is 0.0105. The highest BCUT2D eigenvalue weighted by Gasteiger charge is 2.09. The Kier molecular flexibility index (Phi) is 3.78. The average Bonchev–Trinajstić information content (AvgIpc) is 2.38. The van der Waals surface area contributed by atoms with Crippen LogP contribution < -0.4 is 4.74 Å². The molecule has 0 N–H and O–H groups in total. The molecule has 18 heavy (non-hydrogen) atoms. The zero-order valence-electron chi connectivity index (χ0n) is 10.6. The van der Waals surface area contributed by atoms with Crippen molar-refractivity contribution in [2.75, 3.05) is 6.61 Å². The first-order valence-corrected chi connectivity index (χ1v) is 5.96. The molecule has 0 atom stereocenters. The number of Topliss-reactive ketones (excluding diaryl/α,β-unsaturated/α-hetero) is 1. The van der Waals surface area contributed by atoms with Gasteiger partial charge in [-0.2, -0.15) is 0 Å². The van der Waals surface area contributed by atoms with Crippen LogP contribution >= 0.6 is 0 Å². The molecule has 0 aliphatic heterocycles. The predicted molar refractivity (Wildman–Crippen MR) is 72.2 cm³/mol. The fourth-order valence-corrected chi connectivity index (χ4v) is 1.83. The quantitative estimate of drug-likeness (QED) is 0.764. The molecule has 0 saturated carbocycles. The molecule has 0 heterocycles. The molecule has 0 aliphatic carbocycles. The Morgan fingerprint density at radius 1 is 0.944 bits per heavy atom. The van der Waals surface area contributed by atoms with Crippen LogP contribution in [0.15, 0.2) is 48.5 Å². The number of carbonyl (C=O) groups excluding carboxylic acids is 1. The number of hydrogen-bond donors (Lipinski definition) is 0. The summed E-state index contributed by atoms with van der Waals surface area (Å²) in [5, 5.41) is 0. The maximum Gasteiger partial charge on any atom is 0.200 e. The third-order valence-electron chi connectivity index (χ3n) is 2.90. The molecule has 0 radical (unpaired) electrons. The summed E-state index contributed by atoms with van der Waals surface area (Å²) in [5.41, 5.74) is 2.75. The van der Waals surface area contributed by atoms with Gasteiger partial charge in [0.2, 0.25) is 0 Å². The van der Waals surface area contributed by atoms with Gasteiger partial charge in [0.25, 0.3) is 0 Å². The van der Waals surface area contributed by atoms with Gasteiger partial charge in [-0.05, 0) is 31.0 Å². The maximum atomic E-state index is 12.0. The van der Waals surface area contributed by atoms with Gasteiger partial charge in [0.1, 0.15) is 5.75 Å². The molecule has 0 unspecified atom stereocenters. The number of carbonyl (C=O) groups is 1. The minimum Gasteiger partial charge on any atom is -0.485 e. The van der Waals surface area contributed by atoms with Crippen LogP contribution in [0.5, 0.6) is 5.75 Å². The van der Waals surface area contributed by atoms with E-state index in [1.165, 1.54) is 0 Å². The molecule has 0 aliphatic rings. The summed E-state index contributed by atoms with van der Waals surface area (Å²) in [6.07, 6.45) is 0. The summed E-state index contributed by atoms with van der Waals surface area (Å²) in [5.74, 6) is 0.774. The van der Waals surface area contributed by atoms with E-state index in [1.807, 2.05) is 62.4 Å². The van der Waals surface area contributed by atoms with Crippen LogP contribution in [0.25, 0.3) is 0 Å². The Morgan fingerprint density at radius 3 is 2.22 bits per heavy atom. The lowest BCUT2D eigenvalue weighted by Gasteiger charge is -2.09. The SMILES string of the molecule is Cc1ccccc1OCC(=O)c1ccccc1C. The molecule has 2 nitrogen and oxygen atoms in total. The summed E-state index contributed by atoms with van der Waals surface area (Å²) in [6.45, 7) is 3.98. The summed E-state index contributed by atoms with van der Waals surface area (Å²) in [6, 6.07) is 15.3. The molecule has 92 valence electrons. The summed E-state index contributed by atoms with van der Waals surface area (Å²) >= 11 is 0. The van der Waals surface area contributed by atoms with Crippen LogP contribution in [-0.4, -0.2) is 12.4 Å². The van der Waals surface area contributed by atoms with Crippen molar-refractivity contribution in [2.45, 2.75) is 13.8 Å². The van der Waals surface area contributed by atoms with E-state index in [2.05, 4.69) is 0 Å². The number of para-hydroxylation sites is 1. The van der Waals surface area contributed by atoms with Crippen molar-refractivity contribution in [3.63, 3.8) is 0 Å². The molecule has 0 aromatic heterocycles. The smallest absolute Gasteiger partial charge is 0.200 e. The van der Waals surface area contributed by atoms with E-state index in [9.17, 15) is 4.79 Å². The van der Waals surface area contributed by atoms with Crippen molar-refractivity contribution in [1.29, 1.82) is 0 Å². The molecular weight excluding hydrogens is 224 g/mol. The fraction of sp³-hybridized carbons (Fsp3) is 0.188. The third-order valence-corrected chi connectivity index (χ3v) is 2.90. The van der Waals surface area contributed by atoms with E-state index in [4.69, 9.17) is 4.74 Å². The lowest BCUT2D eigenvalue weighted by molar-refractivity contribution is 0.0920. The molecule has 0 saturated heterocycles. The van der Waals surface area contributed by atoms with Gasteiger partial charge < -0.3 is 4.74 Å². The van der Waals surface area contributed by atoms with Crippen LogP contribution in [0.3, 0.4) is 0 Å². The summed E-state index contributed by atoms with van der Waals surface area (Å²) in [7, 11) is 0. The molecule has 2 aromatic carbocycles. The van der Waals surface area contributed by atoms with Gasteiger partial charge in [-0.1, -0.05) is 42.5 Å². The second kappa shape index (κ2) is 5.50. The van der Waals surface area contributed by atoms with Gasteiger partial charge in [-0.15, -0.1) is 0 Å². The number of benzene rings is 2. The van der Waals surface area contributed by atoms with Gasteiger partial charge >= 0.3 is 0 Å². The van der Waals surface area contributed by atoms with Crippen LogP contribution in [-0.2, 0) is 0 Å². The highest BCUT2D eigenvalue weighted by molar-refractivity contribution is 5.98. The van der Waals surface area contributed by atoms with E-state index in [0.717, 1.165) is 22.4 Å². The van der Waals surface area contributed by atoms with Gasteiger partial charge in [0.15, 0.2) is 12.4 Å². The molecule has 0 fully saturated rings. The van der Waals surface area contributed by atoms with E-state index in [1.54, 1.807) is 0 Å². The van der Waals surface area contributed by atoms with E-state index in [-0.39, 0.29) is 12.4 Å². The molecule has 2 heteroatoms. The number of hydrogen-bond acceptors (Lipinski definition) is 2. The zero-order valence-corrected chi connectivity index (χ0v) is 10.6. The van der Waals surface area contributed by atoms with Crippen molar-refractivity contribution in [1.82, 2.24) is 0 Å². The van der Waals surface area contributed by atoms with Crippen molar-refractivity contribution >= 4 is 5.78 Å². The van der Waals surface area contributed by atoms with Crippen molar-refractivity contribution in [3.8, 4) is 5.75 Å². The maximum absolute atomic E-state index is 12.0. The van der Waals surface area contributed by atoms with Crippen molar-refractivity contribution < 1.29 is 9.53 Å². The summed E-state index contributed by atoms with van der Waals surface area (Å²) in [4.78, 5) is 12.0. The highest BCUT2D eigenvalue weighted by Crippen LogP contribution is 2.17. The first-order chi connectivity index (χ1) is 8.68. The third kappa shape index (κ3) is 2.77. The molecule has 2 aromatic rings. The number of aryl methyl sites for hydroxylation is 2. The Morgan fingerprint density at radius 2 is 1.56 bits per heavy atom. The largest absolute Gasteiger partial charge is 0.485 e. The predicted octanol–water partition coefficient (Wildman–Crippen LogP) is 3.57. The zero-order chi connectivity index (χ0) is 13.0. The standard InChI is InChI=1S/C16H16O2/c1-12-7-3-5-9-14(12)15(17)11-18-16-10-6-4-8-13(16)2/h3-10H,11H2,1-2H3. The monoisotopic (exact) mass is 240 g/mol. The first-order valence-electron chi connectivity index (χ1n) is 5.96. The lowest BCUT2D eigenvalue weighted by atomic mass is 10.1. The van der Waals surface area contributed by atoms with Gasteiger partial charge in [0.05, 0.1) is 0 Å². The highest BCUT2D eigenvalue weighted by atomic mass is 16.5.